The summed E-state index contributed by atoms with van der Waals surface area (Å²) in [6.07, 6.45) is 4.17. The first-order valence-corrected chi connectivity index (χ1v) is 10.8. The summed E-state index contributed by atoms with van der Waals surface area (Å²) in [6, 6.07) is 19.6. The van der Waals surface area contributed by atoms with Gasteiger partial charge in [0, 0.05) is 18.2 Å². The normalized spacial score (nSPS) is 15.3. The number of para-hydroxylation sites is 1. The minimum atomic E-state index is -0.326. The number of ether oxygens (including phenoxy) is 1. The van der Waals surface area contributed by atoms with Crippen LogP contribution in [0.3, 0.4) is 0 Å². The summed E-state index contributed by atoms with van der Waals surface area (Å²) in [5.41, 5.74) is 7.23. The molecule has 4 heteroatoms. The fourth-order valence-electron chi connectivity index (χ4n) is 4.50. The average Bonchev–Trinajstić information content (AvgIpc) is 2.79. The number of esters is 1. The second-order valence-electron chi connectivity index (χ2n) is 8.30. The monoisotopic (exact) mass is 417 g/mol. The van der Waals surface area contributed by atoms with Crippen molar-refractivity contribution in [1.29, 1.82) is 0 Å². The molecule has 160 valence electrons. The van der Waals surface area contributed by atoms with Crippen molar-refractivity contribution in [2.45, 2.75) is 38.5 Å². The molecular formula is C27H28FNO2. The van der Waals surface area contributed by atoms with Gasteiger partial charge in [-0.05, 0) is 78.6 Å². The minimum absolute atomic E-state index is 0.154. The van der Waals surface area contributed by atoms with Crippen molar-refractivity contribution in [2.24, 2.45) is 0 Å². The van der Waals surface area contributed by atoms with Gasteiger partial charge in [-0.25, -0.2) is 9.18 Å². The van der Waals surface area contributed by atoms with Crippen LogP contribution in [-0.4, -0.2) is 19.6 Å². The Balaban J connectivity index is 1.49. The minimum Gasteiger partial charge on any atom is -0.465 e. The van der Waals surface area contributed by atoms with Gasteiger partial charge in [0.05, 0.1) is 12.7 Å². The number of aryl methyl sites for hydroxylation is 2. The van der Waals surface area contributed by atoms with E-state index in [9.17, 15) is 9.18 Å². The van der Waals surface area contributed by atoms with Crippen molar-refractivity contribution in [3.8, 4) is 0 Å². The Labute approximate surface area is 183 Å². The molecular weight excluding hydrogens is 389 g/mol. The number of hydrogen-bond acceptors (Lipinski definition) is 3. The number of fused-ring (bicyclic) bond motifs is 1. The van der Waals surface area contributed by atoms with Crippen LogP contribution in [0.4, 0.5) is 10.1 Å². The highest BCUT2D eigenvalue weighted by Crippen LogP contribution is 2.33. The van der Waals surface area contributed by atoms with Gasteiger partial charge in [0.1, 0.15) is 5.82 Å². The highest BCUT2D eigenvalue weighted by atomic mass is 19.1. The van der Waals surface area contributed by atoms with E-state index in [0.29, 0.717) is 17.0 Å². The van der Waals surface area contributed by atoms with Crippen LogP contribution in [0, 0.1) is 12.7 Å². The Hall–Kier alpha value is -3.14. The molecule has 4 rings (SSSR count). The van der Waals surface area contributed by atoms with Crippen molar-refractivity contribution < 1.29 is 13.9 Å². The van der Waals surface area contributed by atoms with E-state index in [1.54, 1.807) is 12.1 Å². The number of anilines is 1. The van der Waals surface area contributed by atoms with E-state index in [4.69, 9.17) is 4.74 Å². The van der Waals surface area contributed by atoms with E-state index >= 15 is 0 Å². The Morgan fingerprint density at radius 2 is 1.87 bits per heavy atom. The third kappa shape index (κ3) is 4.79. The van der Waals surface area contributed by atoms with Gasteiger partial charge in [-0.15, -0.1) is 0 Å². The lowest BCUT2D eigenvalue weighted by atomic mass is 9.81. The highest BCUT2D eigenvalue weighted by molar-refractivity contribution is 5.95. The molecule has 0 bridgehead atoms. The van der Waals surface area contributed by atoms with Gasteiger partial charge in [0.25, 0.3) is 0 Å². The lowest BCUT2D eigenvalue weighted by Crippen LogP contribution is -2.19. The molecule has 0 fully saturated rings. The second-order valence-corrected chi connectivity index (χ2v) is 8.30. The lowest BCUT2D eigenvalue weighted by molar-refractivity contribution is 0.0602. The number of methoxy groups -OCH3 is 1. The van der Waals surface area contributed by atoms with Gasteiger partial charge < -0.3 is 10.1 Å². The molecule has 1 aliphatic carbocycles. The smallest absolute Gasteiger partial charge is 0.339 e. The van der Waals surface area contributed by atoms with Gasteiger partial charge in [-0.1, -0.05) is 42.5 Å². The summed E-state index contributed by atoms with van der Waals surface area (Å²) in [6.45, 7) is 2.58. The molecule has 3 aromatic rings. The molecule has 3 aromatic carbocycles. The Morgan fingerprint density at radius 1 is 1.10 bits per heavy atom. The van der Waals surface area contributed by atoms with E-state index < -0.39 is 0 Å². The van der Waals surface area contributed by atoms with Crippen LogP contribution in [0.2, 0.25) is 0 Å². The van der Waals surface area contributed by atoms with E-state index in [1.165, 1.54) is 23.8 Å². The van der Waals surface area contributed by atoms with E-state index in [1.807, 2.05) is 37.3 Å². The van der Waals surface area contributed by atoms with Crippen molar-refractivity contribution in [1.82, 2.24) is 0 Å². The summed E-state index contributed by atoms with van der Waals surface area (Å²) in [5, 5.41) is 3.47. The van der Waals surface area contributed by atoms with Crippen molar-refractivity contribution in [2.75, 3.05) is 19.0 Å². The van der Waals surface area contributed by atoms with E-state index in [0.717, 1.165) is 43.5 Å². The standard InChI is InChI=1S/C27H28FNO2/c1-18-14-19(11-13-25(18)28)15-20-10-12-23-21(16-20)6-5-7-22(23)17-29-26-9-4-3-8-24(26)27(30)31-2/h3-4,8-14,16,22,29H,5-7,15,17H2,1-2H3/t22-/m0/s1. The quantitative estimate of drug-likeness (QED) is 0.497. The van der Waals surface area contributed by atoms with E-state index in [2.05, 4.69) is 23.5 Å². The second kappa shape index (κ2) is 9.34. The molecule has 0 saturated heterocycles. The van der Waals surface area contributed by atoms with E-state index in [-0.39, 0.29) is 11.8 Å². The zero-order valence-corrected chi connectivity index (χ0v) is 18.1. The largest absolute Gasteiger partial charge is 0.465 e. The molecule has 0 aromatic heterocycles. The fraction of sp³-hybridized carbons (Fsp3) is 0.296. The zero-order valence-electron chi connectivity index (χ0n) is 18.1. The SMILES string of the molecule is COC(=O)c1ccccc1NC[C@@H]1CCCc2cc(Cc3ccc(F)c(C)c3)ccc21. The molecule has 0 aliphatic heterocycles. The zero-order chi connectivity index (χ0) is 21.8. The molecule has 0 radical (unpaired) electrons. The van der Waals surface area contributed by atoms with Crippen LogP contribution in [-0.2, 0) is 17.6 Å². The number of carbonyl (C=O) groups is 1. The fourth-order valence-corrected chi connectivity index (χ4v) is 4.50. The molecule has 3 nitrogen and oxygen atoms in total. The molecule has 31 heavy (non-hydrogen) atoms. The summed E-state index contributed by atoms with van der Waals surface area (Å²) >= 11 is 0. The lowest BCUT2D eigenvalue weighted by Gasteiger charge is -2.27. The predicted octanol–water partition coefficient (Wildman–Crippen LogP) is 6.04. The van der Waals surface area contributed by atoms with Crippen molar-refractivity contribution in [3.05, 3.63) is 99.9 Å². The first-order chi connectivity index (χ1) is 15.0. The third-order valence-corrected chi connectivity index (χ3v) is 6.15. The third-order valence-electron chi connectivity index (χ3n) is 6.15. The molecule has 0 heterocycles. The van der Waals surface area contributed by atoms with Gasteiger partial charge in [-0.3, -0.25) is 0 Å². The summed E-state index contributed by atoms with van der Waals surface area (Å²) < 4.78 is 18.5. The molecule has 1 aliphatic rings. The maximum absolute atomic E-state index is 13.6. The summed E-state index contributed by atoms with van der Waals surface area (Å²) in [5.74, 6) is -0.0808. The summed E-state index contributed by atoms with van der Waals surface area (Å²) in [4.78, 5) is 12.0. The predicted molar refractivity (Wildman–Crippen MR) is 122 cm³/mol. The highest BCUT2D eigenvalue weighted by Gasteiger charge is 2.21. The van der Waals surface area contributed by atoms with Gasteiger partial charge in [0.2, 0.25) is 0 Å². The number of halogens is 1. The number of hydrogen-bond donors (Lipinski definition) is 1. The van der Waals surface area contributed by atoms with Crippen LogP contribution < -0.4 is 5.32 Å². The number of rotatable bonds is 6. The first-order valence-electron chi connectivity index (χ1n) is 10.8. The molecule has 0 saturated carbocycles. The molecule has 0 unspecified atom stereocenters. The van der Waals surface area contributed by atoms with Gasteiger partial charge in [0.15, 0.2) is 0 Å². The van der Waals surface area contributed by atoms with Crippen LogP contribution >= 0.6 is 0 Å². The van der Waals surface area contributed by atoms with Crippen LogP contribution in [0.5, 0.6) is 0 Å². The molecule has 1 atom stereocenters. The Bertz CT molecular complexity index is 1090. The number of nitrogens with one attached hydrogen (secondary N) is 1. The van der Waals surface area contributed by atoms with Crippen LogP contribution in [0.1, 0.15) is 56.9 Å². The van der Waals surface area contributed by atoms with Crippen molar-refractivity contribution in [3.63, 3.8) is 0 Å². The Kier molecular flexibility index (Phi) is 6.36. The molecule has 1 N–H and O–H groups in total. The summed E-state index contributed by atoms with van der Waals surface area (Å²) in [7, 11) is 1.40. The first kappa shape index (κ1) is 21.1. The molecule has 0 spiro atoms. The van der Waals surface area contributed by atoms with Gasteiger partial charge >= 0.3 is 5.97 Å². The maximum atomic E-state index is 13.6. The number of benzene rings is 3. The number of carbonyl (C=O) groups excluding carboxylic acids is 1. The van der Waals surface area contributed by atoms with Crippen molar-refractivity contribution >= 4 is 11.7 Å². The maximum Gasteiger partial charge on any atom is 0.339 e. The molecule has 0 amide bonds. The Morgan fingerprint density at radius 3 is 2.68 bits per heavy atom. The van der Waals surface area contributed by atoms with Gasteiger partial charge in [-0.2, -0.15) is 0 Å². The van der Waals surface area contributed by atoms with Crippen LogP contribution in [0.15, 0.2) is 60.7 Å². The average molecular weight is 418 g/mol. The topological polar surface area (TPSA) is 38.3 Å². The van der Waals surface area contributed by atoms with Crippen LogP contribution in [0.25, 0.3) is 0 Å².